The molecule has 0 spiro atoms. The second-order valence-corrected chi connectivity index (χ2v) is 4.48. The van der Waals surface area contributed by atoms with Gasteiger partial charge >= 0.3 is 4.87 Å². The summed E-state index contributed by atoms with van der Waals surface area (Å²) < 4.78 is 1.98. The van der Waals surface area contributed by atoms with Crippen molar-refractivity contribution in [1.82, 2.24) is 4.98 Å². The molecule has 2 nitrogen and oxygen atoms in total. The van der Waals surface area contributed by atoms with Crippen LogP contribution in [0.15, 0.2) is 21.4 Å². The average molecular weight is 244 g/mol. The average Bonchev–Trinajstić information content (AvgIpc) is 2.29. The molecule has 62 valence electrons. The van der Waals surface area contributed by atoms with Gasteiger partial charge in [-0.05, 0) is 40.5 Å². The second-order valence-electron chi connectivity index (χ2n) is 2.64. The summed E-state index contributed by atoms with van der Waals surface area (Å²) in [6.45, 7) is 2.00. The van der Waals surface area contributed by atoms with Crippen LogP contribution in [0.4, 0.5) is 0 Å². The molecule has 0 atom stereocenters. The molecule has 1 aromatic heterocycles. The Labute approximate surface area is 81.4 Å². The van der Waals surface area contributed by atoms with E-state index < -0.39 is 0 Å². The van der Waals surface area contributed by atoms with Gasteiger partial charge in [0.2, 0.25) is 0 Å². The van der Waals surface area contributed by atoms with Crippen LogP contribution in [0.5, 0.6) is 0 Å². The van der Waals surface area contributed by atoms with E-state index in [1.165, 1.54) is 11.3 Å². The molecule has 0 fully saturated rings. The van der Waals surface area contributed by atoms with Gasteiger partial charge in [-0.3, -0.25) is 4.79 Å². The Morgan fingerprint density at radius 3 is 3.00 bits per heavy atom. The van der Waals surface area contributed by atoms with Crippen molar-refractivity contribution in [3.63, 3.8) is 0 Å². The van der Waals surface area contributed by atoms with E-state index in [-0.39, 0.29) is 4.87 Å². The fourth-order valence-electron chi connectivity index (χ4n) is 1.15. The van der Waals surface area contributed by atoms with Crippen LogP contribution in [0.2, 0.25) is 0 Å². The first kappa shape index (κ1) is 8.01. The maximum absolute atomic E-state index is 11.0. The number of rotatable bonds is 0. The number of aromatic amines is 1. The van der Waals surface area contributed by atoms with Crippen LogP contribution in [0.25, 0.3) is 10.2 Å². The molecule has 0 saturated heterocycles. The minimum atomic E-state index is -0.00343. The molecule has 2 aromatic rings. The van der Waals surface area contributed by atoms with Crippen molar-refractivity contribution in [1.29, 1.82) is 0 Å². The van der Waals surface area contributed by atoms with Gasteiger partial charge in [0.1, 0.15) is 0 Å². The van der Waals surface area contributed by atoms with E-state index >= 15 is 0 Å². The van der Waals surface area contributed by atoms with Crippen molar-refractivity contribution in [2.75, 3.05) is 0 Å². The largest absolute Gasteiger partial charge is 0.312 e. The summed E-state index contributed by atoms with van der Waals surface area (Å²) in [5.41, 5.74) is 2.06. The van der Waals surface area contributed by atoms with E-state index in [0.717, 1.165) is 20.3 Å². The Morgan fingerprint density at radius 1 is 1.50 bits per heavy atom. The highest BCUT2D eigenvalue weighted by molar-refractivity contribution is 9.10. The molecule has 12 heavy (non-hydrogen) atoms. The predicted molar refractivity (Wildman–Crippen MR) is 54.9 cm³/mol. The molecule has 2 rings (SSSR count). The van der Waals surface area contributed by atoms with Crippen LogP contribution in [0.1, 0.15) is 5.56 Å². The van der Waals surface area contributed by atoms with Gasteiger partial charge < -0.3 is 4.98 Å². The summed E-state index contributed by atoms with van der Waals surface area (Å²) in [5, 5.41) is 0. The molecule has 4 heteroatoms. The summed E-state index contributed by atoms with van der Waals surface area (Å²) in [7, 11) is 0. The lowest BCUT2D eigenvalue weighted by atomic mass is 10.2. The molecule has 0 amide bonds. The van der Waals surface area contributed by atoms with Crippen molar-refractivity contribution in [3.8, 4) is 0 Å². The van der Waals surface area contributed by atoms with E-state index in [4.69, 9.17) is 0 Å². The minimum Gasteiger partial charge on any atom is -0.312 e. The molecule has 1 N–H and O–H groups in total. The van der Waals surface area contributed by atoms with Crippen LogP contribution in [-0.2, 0) is 0 Å². The number of thiazole rings is 1. The maximum atomic E-state index is 11.0. The topological polar surface area (TPSA) is 32.9 Å². The highest BCUT2D eigenvalue weighted by Gasteiger charge is 2.03. The number of nitrogens with one attached hydrogen (secondary N) is 1. The van der Waals surface area contributed by atoms with E-state index in [1.807, 2.05) is 19.1 Å². The Bertz CT molecular complexity index is 485. The molecule has 0 unspecified atom stereocenters. The molecular weight excluding hydrogens is 238 g/mol. The zero-order chi connectivity index (χ0) is 8.72. The third kappa shape index (κ3) is 1.21. The van der Waals surface area contributed by atoms with Crippen molar-refractivity contribution >= 4 is 37.5 Å². The van der Waals surface area contributed by atoms with E-state index in [2.05, 4.69) is 20.9 Å². The minimum absolute atomic E-state index is 0.00343. The Balaban J connectivity index is 2.97. The number of H-pyrrole nitrogens is 1. The molecule has 0 bridgehead atoms. The summed E-state index contributed by atoms with van der Waals surface area (Å²) in [4.78, 5) is 13.8. The fraction of sp³-hybridized carbons (Fsp3) is 0.125. The zero-order valence-electron chi connectivity index (χ0n) is 6.35. The normalized spacial score (nSPS) is 10.8. The highest BCUT2D eigenvalue weighted by Crippen LogP contribution is 2.26. The Hall–Kier alpha value is -0.610. The summed E-state index contributed by atoms with van der Waals surface area (Å²) in [6, 6.07) is 3.98. The van der Waals surface area contributed by atoms with E-state index in [0.29, 0.717) is 0 Å². The van der Waals surface area contributed by atoms with Gasteiger partial charge in [-0.25, -0.2) is 0 Å². The Morgan fingerprint density at radius 2 is 2.25 bits per heavy atom. The molecule has 1 aromatic carbocycles. The van der Waals surface area contributed by atoms with Crippen molar-refractivity contribution < 1.29 is 0 Å². The van der Waals surface area contributed by atoms with Crippen LogP contribution >= 0.6 is 27.3 Å². The number of hydrogen-bond acceptors (Lipinski definition) is 2. The van der Waals surface area contributed by atoms with Gasteiger partial charge in [-0.1, -0.05) is 11.3 Å². The maximum Gasteiger partial charge on any atom is 0.305 e. The molecular formula is C8H6BrNOS. The predicted octanol–water partition coefficient (Wildman–Crippen LogP) is 2.66. The number of fused-ring (bicyclic) bond motifs is 1. The SMILES string of the molecule is Cc1cc(Br)c2sc(=O)[nH]c2c1. The second kappa shape index (κ2) is 2.71. The van der Waals surface area contributed by atoms with Crippen LogP contribution in [0, 0.1) is 6.92 Å². The number of benzene rings is 1. The Kier molecular flexibility index (Phi) is 1.81. The first-order valence-corrected chi connectivity index (χ1v) is 5.07. The van der Waals surface area contributed by atoms with Crippen molar-refractivity contribution in [3.05, 3.63) is 31.8 Å². The summed E-state index contributed by atoms with van der Waals surface area (Å²) in [6.07, 6.45) is 0. The highest BCUT2D eigenvalue weighted by atomic mass is 79.9. The van der Waals surface area contributed by atoms with Crippen LogP contribution in [-0.4, -0.2) is 4.98 Å². The van der Waals surface area contributed by atoms with Gasteiger partial charge in [-0.2, -0.15) is 0 Å². The quantitative estimate of drug-likeness (QED) is 0.759. The van der Waals surface area contributed by atoms with Gasteiger partial charge in [-0.15, -0.1) is 0 Å². The molecule has 1 heterocycles. The fourth-order valence-corrected chi connectivity index (χ4v) is 2.69. The lowest BCUT2D eigenvalue weighted by Gasteiger charge is -1.94. The lowest BCUT2D eigenvalue weighted by Crippen LogP contribution is -1.89. The van der Waals surface area contributed by atoms with Gasteiger partial charge in [0.25, 0.3) is 0 Å². The summed E-state index contributed by atoms with van der Waals surface area (Å²) in [5.74, 6) is 0. The van der Waals surface area contributed by atoms with Crippen molar-refractivity contribution in [2.45, 2.75) is 6.92 Å². The van der Waals surface area contributed by atoms with E-state index in [9.17, 15) is 4.79 Å². The van der Waals surface area contributed by atoms with E-state index in [1.54, 1.807) is 0 Å². The molecule has 0 aliphatic heterocycles. The smallest absolute Gasteiger partial charge is 0.305 e. The molecule has 0 saturated carbocycles. The van der Waals surface area contributed by atoms with Crippen LogP contribution in [0.3, 0.4) is 0 Å². The number of aromatic nitrogens is 1. The standard InChI is InChI=1S/C8H6BrNOS/c1-4-2-5(9)7-6(3-4)10-8(11)12-7/h2-3H,1H3,(H,10,11). The van der Waals surface area contributed by atoms with Gasteiger partial charge in [0, 0.05) is 4.47 Å². The molecule has 0 radical (unpaired) electrons. The third-order valence-electron chi connectivity index (χ3n) is 1.62. The molecule has 0 aliphatic rings. The lowest BCUT2D eigenvalue weighted by molar-refractivity contribution is 1.38. The first-order valence-electron chi connectivity index (χ1n) is 3.46. The van der Waals surface area contributed by atoms with Gasteiger partial charge in [0.05, 0.1) is 10.2 Å². The van der Waals surface area contributed by atoms with Crippen LogP contribution < -0.4 is 4.87 Å². The third-order valence-corrected chi connectivity index (χ3v) is 3.44. The molecule has 0 aliphatic carbocycles. The number of halogens is 1. The van der Waals surface area contributed by atoms with Gasteiger partial charge in [0.15, 0.2) is 0 Å². The number of hydrogen-bond donors (Lipinski definition) is 1. The first-order chi connectivity index (χ1) is 5.66. The number of aryl methyl sites for hydroxylation is 1. The zero-order valence-corrected chi connectivity index (χ0v) is 8.75. The summed E-state index contributed by atoms with van der Waals surface area (Å²) >= 11 is 4.64. The monoisotopic (exact) mass is 243 g/mol. The van der Waals surface area contributed by atoms with Crippen molar-refractivity contribution in [2.24, 2.45) is 0 Å².